The number of pyridine rings is 1. The van der Waals surface area contributed by atoms with Crippen molar-refractivity contribution >= 4 is 75.0 Å². The summed E-state index contributed by atoms with van der Waals surface area (Å²) in [4.78, 5) is 20.9. The summed E-state index contributed by atoms with van der Waals surface area (Å²) in [5.41, 5.74) is 9.03. The van der Waals surface area contributed by atoms with Crippen molar-refractivity contribution in [3.05, 3.63) is 188 Å². The van der Waals surface area contributed by atoms with Crippen LogP contribution in [-0.2, 0) is 0 Å². The molecule has 0 aliphatic carbocycles. The molecule has 8 aromatic carbocycles. The molecule has 0 bridgehead atoms. The second kappa shape index (κ2) is 13.0. The van der Waals surface area contributed by atoms with Gasteiger partial charge in [-0.05, 0) is 53.2 Å². The predicted octanol–water partition coefficient (Wildman–Crippen LogP) is 13.7. The molecule has 6 heteroatoms. The third-order valence-corrected chi connectivity index (χ3v) is 12.4. The number of para-hydroxylation sites is 2. The highest BCUT2D eigenvalue weighted by Crippen LogP contribution is 2.45. The molecule has 0 aliphatic rings. The van der Waals surface area contributed by atoms with E-state index in [2.05, 4.69) is 174 Å². The zero-order valence-corrected chi connectivity index (χ0v) is 31.9. The van der Waals surface area contributed by atoms with Crippen molar-refractivity contribution in [1.29, 1.82) is 0 Å². The standard InChI is InChI=1S/C52H31N5S/c1-2-15-33(16-3-1)50-54-51(56-52(55-50)36-19-13-20-37(31-36)57-43-25-9-6-22-39(43)40-23-7-10-26-44(40)57)35-18-12-17-34(30-35)48-47-41-24-8-11-27-45(41)58-49(47)46-38-21-5-4-14-32(38)28-29-42(46)53-48/h1-31H. The number of nitrogens with zero attached hydrogens (tertiary/aromatic N) is 5. The molecule has 4 heterocycles. The molecule has 0 spiro atoms. The molecule has 58 heavy (non-hydrogen) atoms. The summed E-state index contributed by atoms with van der Waals surface area (Å²) in [6.45, 7) is 0. The zero-order chi connectivity index (χ0) is 38.2. The summed E-state index contributed by atoms with van der Waals surface area (Å²) in [5, 5.41) is 8.46. The summed E-state index contributed by atoms with van der Waals surface area (Å²) in [6.07, 6.45) is 0. The average molecular weight is 758 g/mol. The van der Waals surface area contributed by atoms with Gasteiger partial charge in [-0.15, -0.1) is 11.3 Å². The Morgan fingerprint density at radius 2 is 0.948 bits per heavy atom. The van der Waals surface area contributed by atoms with E-state index in [4.69, 9.17) is 19.9 Å². The van der Waals surface area contributed by atoms with Crippen LogP contribution in [0.2, 0.25) is 0 Å². The maximum absolute atomic E-state index is 5.44. The van der Waals surface area contributed by atoms with Gasteiger partial charge in [0.25, 0.3) is 0 Å². The van der Waals surface area contributed by atoms with Crippen molar-refractivity contribution in [3.63, 3.8) is 0 Å². The topological polar surface area (TPSA) is 56.5 Å². The first-order valence-corrected chi connectivity index (χ1v) is 20.2. The van der Waals surface area contributed by atoms with Gasteiger partial charge >= 0.3 is 0 Å². The van der Waals surface area contributed by atoms with E-state index in [9.17, 15) is 0 Å². The molecule has 0 N–H and O–H groups in total. The van der Waals surface area contributed by atoms with Crippen LogP contribution in [0.25, 0.3) is 115 Å². The quantitative estimate of drug-likeness (QED) is 0.164. The first-order valence-electron chi connectivity index (χ1n) is 19.4. The van der Waals surface area contributed by atoms with Gasteiger partial charge in [0.15, 0.2) is 17.5 Å². The number of hydrogen-bond donors (Lipinski definition) is 0. The Morgan fingerprint density at radius 1 is 0.379 bits per heavy atom. The molecule has 270 valence electrons. The monoisotopic (exact) mass is 757 g/mol. The minimum absolute atomic E-state index is 0.603. The van der Waals surface area contributed by atoms with Gasteiger partial charge in [-0.2, -0.15) is 0 Å². The molecular weight excluding hydrogens is 727 g/mol. The van der Waals surface area contributed by atoms with E-state index < -0.39 is 0 Å². The lowest BCUT2D eigenvalue weighted by atomic mass is 9.98. The third kappa shape index (κ3) is 5.16. The highest BCUT2D eigenvalue weighted by atomic mass is 32.1. The molecule has 5 nitrogen and oxygen atoms in total. The van der Waals surface area contributed by atoms with Crippen molar-refractivity contribution < 1.29 is 0 Å². The van der Waals surface area contributed by atoms with Crippen molar-refractivity contribution in [2.24, 2.45) is 0 Å². The summed E-state index contributed by atoms with van der Waals surface area (Å²) in [7, 11) is 0. The lowest BCUT2D eigenvalue weighted by Gasteiger charge is -2.13. The number of fused-ring (bicyclic) bond motifs is 10. The maximum atomic E-state index is 5.44. The molecule has 0 aliphatic heterocycles. The molecule has 12 rings (SSSR count). The Kier molecular flexibility index (Phi) is 7.33. The van der Waals surface area contributed by atoms with Crippen LogP contribution in [0.4, 0.5) is 0 Å². The van der Waals surface area contributed by atoms with E-state index in [1.54, 1.807) is 0 Å². The van der Waals surface area contributed by atoms with E-state index >= 15 is 0 Å². The summed E-state index contributed by atoms with van der Waals surface area (Å²) < 4.78 is 4.82. The highest BCUT2D eigenvalue weighted by molar-refractivity contribution is 7.27. The third-order valence-electron chi connectivity index (χ3n) is 11.2. The molecule has 0 saturated carbocycles. The van der Waals surface area contributed by atoms with Gasteiger partial charge in [0.2, 0.25) is 0 Å². The van der Waals surface area contributed by atoms with Crippen LogP contribution in [0, 0.1) is 0 Å². The summed E-state index contributed by atoms with van der Waals surface area (Å²) >= 11 is 1.84. The summed E-state index contributed by atoms with van der Waals surface area (Å²) in [5.74, 6) is 1.83. The molecule has 0 radical (unpaired) electrons. The van der Waals surface area contributed by atoms with Crippen molar-refractivity contribution in [2.45, 2.75) is 0 Å². The fraction of sp³-hybridized carbons (Fsp3) is 0. The predicted molar refractivity (Wildman–Crippen MR) is 242 cm³/mol. The lowest BCUT2D eigenvalue weighted by molar-refractivity contribution is 1.07. The largest absolute Gasteiger partial charge is 0.309 e. The number of rotatable bonds is 5. The minimum Gasteiger partial charge on any atom is -0.309 e. The van der Waals surface area contributed by atoms with E-state index in [0.29, 0.717) is 17.5 Å². The fourth-order valence-corrected chi connectivity index (χ4v) is 9.85. The van der Waals surface area contributed by atoms with Crippen LogP contribution >= 0.6 is 11.3 Å². The second-order valence-electron chi connectivity index (χ2n) is 14.6. The lowest BCUT2D eigenvalue weighted by Crippen LogP contribution is -2.01. The molecule has 0 fully saturated rings. The van der Waals surface area contributed by atoms with Gasteiger partial charge in [-0.25, -0.2) is 19.9 Å². The van der Waals surface area contributed by atoms with Gasteiger partial charge in [-0.1, -0.05) is 146 Å². The highest BCUT2D eigenvalue weighted by Gasteiger charge is 2.20. The maximum Gasteiger partial charge on any atom is 0.164 e. The molecular formula is C52H31N5S. The number of hydrogen-bond acceptors (Lipinski definition) is 5. The molecule has 0 atom stereocenters. The van der Waals surface area contributed by atoms with Crippen LogP contribution in [0.15, 0.2) is 188 Å². The Labute approximate surface area is 337 Å². The first kappa shape index (κ1) is 32.7. The minimum atomic E-state index is 0.603. The number of benzene rings is 8. The SMILES string of the molecule is c1ccc(-c2nc(-c3cccc(-c4nc5ccc6ccccc6c5c5sc6ccccc6c45)c3)nc(-c3cccc(-n4c5ccccc5c5ccccc54)c3)n2)cc1. The molecule has 4 aromatic heterocycles. The average Bonchev–Trinajstić information content (AvgIpc) is 3.85. The van der Waals surface area contributed by atoms with Gasteiger partial charge in [0, 0.05) is 64.3 Å². The van der Waals surface area contributed by atoms with E-state index in [0.717, 1.165) is 50.2 Å². The first-order chi connectivity index (χ1) is 28.7. The normalized spacial score (nSPS) is 11.8. The van der Waals surface area contributed by atoms with Gasteiger partial charge in [0.1, 0.15) is 0 Å². The Morgan fingerprint density at radius 3 is 1.71 bits per heavy atom. The van der Waals surface area contributed by atoms with Gasteiger partial charge in [0.05, 0.1) is 22.2 Å². The zero-order valence-electron chi connectivity index (χ0n) is 31.0. The van der Waals surface area contributed by atoms with Crippen LogP contribution < -0.4 is 0 Å². The Bertz CT molecular complexity index is 3530. The van der Waals surface area contributed by atoms with Crippen LogP contribution in [0.3, 0.4) is 0 Å². The number of aromatic nitrogens is 5. The molecule has 0 unspecified atom stereocenters. The molecule has 0 saturated heterocycles. The molecule has 12 aromatic rings. The fourth-order valence-electron chi connectivity index (χ4n) is 8.57. The van der Waals surface area contributed by atoms with Gasteiger partial charge < -0.3 is 4.57 Å². The Balaban J connectivity index is 1.05. The molecule has 0 amide bonds. The van der Waals surface area contributed by atoms with Crippen molar-refractivity contribution in [1.82, 2.24) is 24.5 Å². The van der Waals surface area contributed by atoms with Crippen molar-refractivity contribution in [2.75, 3.05) is 0 Å². The smallest absolute Gasteiger partial charge is 0.164 e. The van der Waals surface area contributed by atoms with Crippen LogP contribution in [0.5, 0.6) is 0 Å². The summed E-state index contributed by atoms with van der Waals surface area (Å²) in [6, 6.07) is 66.0. The van der Waals surface area contributed by atoms with Crippen molar-refractivity contribution in [3.8, 4) is 51.1 Å². The van der Waals surface area contributed by atoms with Crippen LogP contribution in [-0.4, -0.2) is 24.5 Å². The Hall–Kier alpha value is -7.54. The van der Waals surface area contributed by atoms with E-state index in [1.165, 1.54) is 47.1 Å². The number of thiophene rings is 1. The van der Waals surface area contributed by atoms with Crippen LogP contribution in [0.1, 0.15) is 0 Å². The van der Waals surface area contributed by atoms with E-state index in [1.807, 2.05) is 29.5 Å². The van der Waals surface area contributed by atoms with Gasteiger partial charge in [-0.3, -0.25) is 0 Å². The second-order valence-corrected chi connectivity index (χ2v) is 15.7. The van der Waals surface area contributed by atoms with E-state index in [-0.39, 0.29) is 0 Å².